The van der Waals surface area contributed by atoms with Gasteiger partial charge < -0.3 is 20.2 Å². The third kappa shape index (κ3) is 3.37. The molecule has 0 aliphatic carbocycles. The summed E-state index contributed by atoms with van der Waals surface area (Å²) in [5, 5.41) is 2.33. The van der Waals surface area contributed by atoms with Crippen LogP contribution in [-0.2, 0) is 0 Å². The summed E-state index contributed by atoms with van der Waals surface area (Å²) < 4.78 is 11.4. The van der Waals surface area contributed by atoms with Gasteiger partial charge in [-0.2, -0.15) is 0 Å². The van der Waals surface area contributed by atoms with E-state index in [0.29, 0.717) is 40.6 Å². The molecule has 0 fully saturated rings. The van der Waals surface area contributed by atoms with Crippen molar-refractivity contribution in [3.05, 3.63) is 40.4 Å². The smallest absolute Gasteiger partial charge is 0.258 e. The molecule has 0 saturated heterocycles. The third-order valence-electron chi connectivity index (χ3n) is 4.45. The van der Waals surface area contributed by atoms with Crippen LogP contribution in [0.2, 0.25) is 0 Å². The van der Waals surface area contributed by atoms with E-state index in [1.165, 1.54) is 0 Å². The van der Waals surface area contributed by atoms with Gasteiger partial charge in [0.1, 0.15) is 6.61 Å². The molecule has 0 aliphatic rings. The topological polar surface area (TPSA) is 90.2 Å². The monoisotopic (exact) mass is 355 g/mol. The molecule has 0 amide bonds. The van der Waals surface area contributed by atoms with Crippen molar-refractivity contribution in [3.8, 4) is 11.5 Å². The molecule has 6 nitrogen and oxygen atoms in total. The van der Waals surface area contributed by atoms with Crippen LogP contribution in [-0.4, -0.2) is 29.7 Å². The van der Waals surface area contributed by atoms with Crippen LogP contribution in [0.15, 0.2) is 29.2 Å². The van der Waals surface area contributed by atoms with Crippen molar-refractivity contribution < 1.29 is 9.47 Å². The summed E-state index contributed by atoms with van der Waals surface area (Å²) in [4.78, 5) is 19.7. The Morgan fingerprint density at radius 2 is 2.00 bits per heavy atom. The van der Waals surface area contributed by atoms with Gasteiger partial charge in [-0.25, -0.2) is 0 Å². The fraction of sp³-hybridized carbons (Fsp3) is 0.400. The van der Waals surface area contributed by atoms with Crippen LogP contribution in [0, 0.1) is 12.8 Å². The zero-order valence-electron chi connectivity index (χ0n) is 15.6. The minimum Gasteiger partial charge on any atom is -0.491 e. The number of nitrogens with one attached hydrogen (secondary N) is 1. The van der Waals surface area contributed by atoms with Gasteiger partial charge in [-0.3, -0.25) is 9.78 Å². The molecule has 0 aliphatic heterocycles. The highest BCUT2D eigenvalue weighted by molar-refractivity contribution is 6.08. The van der Waals surface area contributed by atoms with Gasteiger partial charge in [-0.05, 0) is 42.8 Å². The Kier molecular flexibility index (Phi) is 5.13. The van der Waals surface area contributed by atoms with E-state index in [9.17, 15) is 4.79 Å². The van der Waals surface area contributed by atoms with E-state index in [0.717, 1.165) is 17.2 Å². The Morgan fingerprint density at radius 1 is 1.23 bits per heavy atom. The first-order valence-electron chi connectivity index (χ1n) is 8.79. The van der Waals surface area contributed by atoms with E-state index < -0.39 is 0 Å². The van der Waals surface area contributed by atoms with Gasteiger partial charge in [-0.15, -0.1) is 0 Å². The van der Waals surface area contributed by atoms with Gasteiger partial charge in [0.25, 0.3) is 5.56 Å². The summed E-state index contributed by atoms with van der Waals surface area (Å²) in [7, 11) is 1.57. The molecule has 3 aromatic rings. The molecule has 1 atom stereocenters. The van der Waals surface area contributed by atoms with E-state index in [1.807, 2.05) is 25.1 Å². The van der Waals surface area contributed by atoms with Crippen LogP contribution in [0.4, 0.5) is 0 Å². The summed E-state index contributed by atoms with van der Waals surface area (Å²) in [6.07, 6.45) is 2.59. The molecule has 1 aromatic carbocycles. The molecule has 2 heterocycles. The number of nitrogens with two attached hydrogens (primary N) is 1. The second kappa shape index (κ2) is 7.33. The SMILES string of the molecule is COc1c(OCC(N)CC(C)C)ccc2c1[nH]c(=O)c1c(C)nccc12. The van der Waals surface area contributed by atoms with E-state index in [2.05, 4.69) is 23.8 Å². The highest BCUT2D eigenvalue weighted by Crippen LogP contribution is 2.36. The van der Waals surface area contributed by atoms with Gasteiger partial charge in [0.15, 0.2) is 11.5 Å². The zero-order valence-corrected chi connectivity index (χ0v) is 15.6. The molecule has 138 valence electrons. The van der Waals surface area contributed by atoms with Gasteiger partial charge in [0, 0.05) is 17.6 Å². The van der Waals surface area contributed by atoms with Crippen LogP contribution in [0.3, 0.4) is 0 Å². The van der Waals surface area contributed by atoms with E-state index in [1.54, 1.807) is 13.3 Å². The first kappa shape index (κ1) is 18.2. The molecule has 26 heavy (non-hydrogen) atoms. The third-order valence-corrected chi connectivity index (χ3v) is 4.45. The highest BCUT2D eigenvalue weighted by Gasteiger charge is 2.16. The fourth-order valence-electron chi connectivity index (χ4n) is 3.35. The number of methoxy groups -OCH3 is 1. The fourth-order valence-corrected chi connectivity index (χ4v) is 3.35. The van der Waals surface area contributed by atoms with Crippen molar-refractivity contribution in [2.75, 3.05) is 13.7 Å². The molecule has 0 spiro atoms. The molecule has 3 rings (SSSR count). The average Bonchev–Trinajstić information content (AvgIpc) is 2.58. The van der Waals surface area contributed by atoms with Gasteiger partial charge in [0.05, 0.1) is 23.7 Å². The van der Waals surface area contributed by atoms with Crippen molar-refractivity contribution in [2.24, 2.45) is 11.7 Å². The number of hydrogen-bond acceptors (Lipinski definition) is 5. The van der Waals surface area contributed by atoms with E-state index in [4.69, 9.17) is 15.2 Å². The van der Waals surface area contributed by atoms with Crippen LogP contribution in [0.5, 0.6) is 11.5 Å². The Morgan fingerprint density at radius 3 is 2.69 bits per heavy atom. The number of aromatic nitrogens is 2. The lowest BCUT2D eigenvalue weighted by Gasteiger charge is -2.18. The Balaban J connectivity index is 2.08. The highest BCUT2D eigenvalue weighted by atomic mass is 16.5. The van der Waals surface area contributed by atoms with Crippen LogP contribution >= 0.6 is 0 Å². The minimum atomic E-state index is -0.190. The minimum absolute atomic E-state index is 0.0558. The summed E-state index contributed by atoms with van der Waals surface area (Å²) in [5.41, 5.74) is 7.24. The predicted molar refractivity (Wildman–Crippen MR) is 104 cm³/mol. The Labute approximate surface area is 152 Å². The Bertz CT molecular complexity index is 995. The lowest BCUT2D eigenvalue weighted by molar-refractivity contribution is 0.259. The number of benzene rings is 1. The van der Waals surface area contributed by atoms with E-state index >= 15 is 0 Å². The summed E-state index contributed by atoms with van der Waals surface area (Å²) >= 11 is 0. The van der Waals surface area contributed by atoms with Crippen molar-refractivity contribution >= 4 is 21.7 Å². The van der Waals surface area contributed by atoms with E-state index in [-0.39, 0.29) is 11.6 Å². The maximum atomic E-state index is 12.6. The molecule has 0 saturated carbocycles. The first-order valence-corrected chi connectivity index (χ1v) is 8.79. The number of aryl methyl sites for hydroxylation is 1. The largest absolute Gasteiger partial charge is 0.491 e. The molecule has 1 unspecified atom stereocenters. The maximum absolute atomic E-state index is 12.6. The zero-order chi connectivity index (χ0) is 18.8. The second-order valence-electron chi connectivity index (χ2n) is 6.99. The maximum Gasteiger partial charge on any atom is 0.258 e. The molecule has 0 radical (unpaired) electrons. The number of aromatic amines is 1. The van der Waals surface area contributed by atoms with Gasteiger partial charge in [0.2, 0.25) is 0 Å². The van der Waals surface area contributed by atoms with Gasteiger partial charge in [-0.1, -0.05) is 13.8 Å². The average molecular weight is 355 g/mol. The molecular formula is C20H25N3O3. The second-order valence-corrected chi connectivity index (χ2v) is 6.99. The quantitative estimate of drug-likeness (QED) is 0.663. The lowest BCUT2D eigenvalue weighted by atomic mass is 10.0. The van der Waals surface area contributed by atoms with Crippen LogP contribution in [0.25, 0.3) is 21.7 Å². The number of rotatable bonds is 6. The van der Waals surface area contributed by atoms with Crippen molar-refractivity contribution in [1.29, 1.82) is 0 Å². The number of fused-ring (bicyclic) bond motifs is 3. The van der Waals surface area contributed by atoms with Crippen LogP contribution in [0.1, 0.15) is 26.0 Å². The molecular weight excluding hydrogens is 330 g/mol. The van der Waals surface area contributed by atoms with Crippen LogP contribution < -0.4 is 20.8 Å². The number of nitrogens with zero attached hydrogens (tertiary/aromatic N) is 1. The standard InChI is InChI=1S/C20H25N3O3/c1-11(2)9-13(21)10-26-16-6-5-15-14-7-8-22-12(3)17(14)20(24)23-18(15)19(16)25-4/h5-8,11,13H,9-10,21H2,1-4H3,(H,23,24). The lowest BCUT2D eigenvalue weighted by Crippen LogP contribution is -2.29. The Hall–Kier alpha value is -2.60. The summed E-state index contributed by atoms with van der Waals surface area (Å²) in [6.45, 7) is 6.47. The first-order chi connectivity index (χ1) is 12.4. The molecule has 6 heteroatoms. The summed E-state index contributed by atoms with van der Waals surface area (Å²) in [5.74, 6) is 1.58. The summed E-state index contributed by atoms with van der Waals surface area (Å²) in [6, 6.07) is 5.58. The number of hydrogen-bond donors (Lipinski definition) is 2. The number of ether oxygens (including phenoxy) is 2. The molecule has 3 N–H and O–H groups in total. The molecule has 2 aromatic heterocycles. The van der Waals surface area contributed by atoms with Crippen molar-refractivity contribution in [3.63, 3.8) is 0 Å². The normalized spacial score (nSPS) is 12.7. The number of H-pyrrole nitrogens is 1. The van der Waals surface area contributed by atoms with Crippen molar-refractivity contribution in [2.45, 2.75) is 33.2 Å². The molecule has 0 bridgehead atoms. The number of pyridine rings is 2. The predicted octanol–water partition coefficient (Wildman–Crippen LogP) is 3.15. The van der Waals surface area contributed by atoms with Crippen molar-refractivity contribution in [1.82, 2.24) is 9.97 Å². The van der Waals surface area contributed by atoms with Gasteiger partial charge >= 0.3 is 0 Å².